The molecule has 0 atom stereocenters. The summed E-state index contributed by atoms with van der Waals surface area (Å²) in [7, 11) is 0. The number of ether oxygens (including phenoxy) is 1. The molecule has 0 unspecified atom stereocenters. The van der Waals surface area contributed by atoms with Gasteiger partial charge in [0.1, 0.15) is 5.54 Å². The standard InChI is InChI=1S/C17H21F3N4O3/c1-2-11-5-7-16(8-6-11)14(25)24(15(26)21-16)9-12-3-4-13(23-22-12)27-10-17(18,19)20/h3-4,11H,2,5-10H2,1H3,(H,21,26). The number of nitrogens with one attached hydrogen (secondary N) is 1. The van der Waals surface area contributed by atoms with E-state index in [1.807, 2.05) is 0 Å². The van der Waals surface area contributed by atoms with E-state index in [1.165, 1.54) is 12.1 Å². The Morgan fingerprint density at radius 2 is 1.96 bits per heavy atom. The Bertz CT molecular complexity index is 700. The van der Waals surface area contributed by atoms with Crippen LogP contribution in [0.15, 0.2) is 12.1 Å². The topological polar surface area (TPSA) is 84.4 Å². The second kappa shape index (κ2) is 7.32. The van der Waals surface area contributed by atoms with Gasteiger partial charge in [-0.2, -0.15) is 13.2 Å². The molecule has 1 saturated heterocycles. The van der Waals surface area contributed by atoms with E-state index in [1.54, 1.807) is 0 Å². The summed E-state index contributed by atoms with van der Waals surface area (Å²) in [6.07, 6.45) is -0.403. The number of nitrogens with zero attached hydrogens (tertiary/aromatic N) is 3. The Kier molecular flexibility index (Phi) is 5.25. The molecule has 3 rings (SSSR count). The first-order chi connectivity index (χ1) is 12.7. The second-order valence-corrected chi connectivity index (χ2v) is 7.02. The van der Waals surface area contributed by atoms with E-state index in [0.717, 1.165) is 24.2 Å². The highest BCUT2D eigenvalue weighted by Crippen LogP contribution is 2.37. The van der Waals surface area contributed by atoms with Crippen molar-refractivity contribution in [1.29, 1.82) is 0 Å². The van der Waals surface area contributed by atoms with Crippen LogP contribution in [0.5, 0.6) is 5.88 Å². The zero-order valence-corrected chi connectivity index (χ0v) is 14.9. The van der Waals surface area contributed by atoms with Gasteiger partial charge in [-0.15, -0.1) is 10.2 Å². The molecule has 1 aliphatic carbocycles. The summed E-state index contributed by atoms with van der Waals surface area (Å²) in [6, 6.07) is 2.14. The zero-order chi connectivity index (χ0) is 19.7. The minimum absolute atomic E-state index is 0.0871. The largest absolute Gasteiger partial charge is 0.467 e. The number of hydrogen-bond donors (Lipinski definition) is 1. The molecule has 0 aromatic carbocycles. The van der Waals surface area contributed by atoms with Crippen LogP contribution in [0.2, 0.25) is 0 Å². The monoisotopic (exact) mass is 386 g/mol. The fraction of sp³-hybridized carbons (Fsp3) is 0.647. The second-order valence-electron chi connectivity index (χ2n) is 7.02. The number of carbonyl (C=O) groups excluding carboxylic acids is 2. The highest BCUT2D eigenvalue weighted by Gasteiger charge is 2.52. The van der Waals surface area contributed by atoms with Gasteiger partial charge in [0.25, 0.3) is 5.91 Å². The normalized spacial score (nSPS) is 25.8. The Labute approximate surface area is 154 Å². The van der Waals surface area contributed by atoms with E-state index in [0.29, 0.717) is 18.8 Å². The van der Waals surface area contributed by atoms with E-state index in [9.17, 15) is 22.8 Å². The summed E-state index contributed by atoms with van der Waals surface area (Å²) >= 11 is 0. The minimum Gasteiger partial charge on any atom is -0.467 e. The van der Waals surface area contributed by atoms with Crippen LogP contribution in [0.1, 0.15) is 44.7 Å². The lowest BCUT2D eigenvalue weighted by molar-refractivity contribution is -0.154. The van der Waals surface area contributed by atoms with Crippen molar-refractivity contribution >= 4 is 11.9 Å². The molecular weight excluding hydrogens is 365 g/mol. The Hall–Kier alpha value is -2.39. The lowest BCUT2D eigenvalue weighted by Gasteiger charge is -2.34. The molecule has 1 aromatic rings. The molecule has 27 heavy (non-hydrogen) atoms. The predicted molar refractivity (Wildman–Crippen MR) is 87.6 cm³/mol. The van der Waals surface area contributed by atoms with Crippen LogP contribution in [0.3, 0.4) is 0 Å². The summed E-state index contributed by atoms with van der Waals surface area (Å²) in [5.41, 5.74) is -0.552. The first-order valence-corrected chi connectivity index (χ1v) is 8.89. The Morgan fingerprint density at radius 3 is 2.52 bits per heavy atom. The van der Waals surface area contributed by atoms with Crippen molar-refractivity contribution in [1.82, 2.24) is 20.4 Å². The quantitative estimate of drug-likeness (QED) is 0.787. The van der Waals surface area contributed by atoms with Crippen molar-refractivity contribution in [3.8, 4) is 5.88 Å². The van der Waals surface area contributed by atoms with Gasteiger partial charge in [-0.3, -0.25) is 9.69 Å². The molecule has 2 fully saturated rings. The number of imide groups is 1. The average Bonchev–Trinajstić information content (AvgIpc) is 2.85. The fourth-order valence-corrected chi connectivity index (χ4v) is 3.56. The average molecular weight is 386 g/mol. The predicted octanol–water partition coefficient (Wildman–Crippen LogP) is 2.81. The molecule has 7 nitrogen and oxygen atoms in total. The molecule has 0 radical (unpaired) electrons. The smallest absolute Gasteiger partial charge is 0.422 e. The maximum Gasteiger partial charge on any atom is 0.422 e. The fourth-order valence-electron chi connectivity index (χ4n) is 3.56. The molecule has 1 spiro atoms. The van der Waals surface area contributed by atoms with Gasteiger partial charge >= 0.3 is 12.2 Å². The summed E-state index contributed by atoms with van der Waals surface area (Å²) in [6.45, 7) is 0.566. The van der Waals surface area contributed by atoms with Crippen molar-refractivity contribution in [2.75, 3.05) is 6.61 Å². The minimum atomic E-state index is -4.47. The molecule has 1 saturated carbocycles. The maximum atomic E-state index is 12.8. The highest BCUT2D eigenvalue weighted by atomic mass is 19.4. The third kappa shape index (κ3) is 4.30. The first kappa shape index (κ1) is 19.4. The first-order valence-electron chi connectivity index (χ1n) is 8.89. The third-order valence-electron chi connectivity index (χ3n) is 5.18. The van der Waals surface area contributed by atoms with Crippen LogP contribution < -0.4 is 10.1 Å². The molecule has 3 amide bonds. The number of alkyl halides is 3. The van der Waals surface area contributed by atoms with Crippen LogP contribution >= 0.6 is 0 Å². The number of halogens is 3. The van der Waals surface area contributed by atoms with Crippen LogP contribution in [-0.4, -0.2) is 45.4 Å². The number of rotatable bonds is 5. The van der Waals surface area contributed by atoms with Gasteiger partial charge in [0, 0.05) is 6.07 Å². The summed E-state index contributed by atoms with van der Waals surface area (Å²) in [4.78, 5) is 26.2. The van der Waals surface area contributed by atoms with Gasteiger partial charge in [0.2, 0.25) is 5.88 Å². The van der Waals surface area contributed by atoms with E-state index in [-0.39, 0.29) is 24.0 Å². The molecule has 10 heteroatoms. The number of hydrogen-bond acceptors (Lipinski definition) is 5. The molecule has 2 aliphatic rings. The van der Waals surface area contributed by atoms with Gasteiger partial charge < -0.3 is 10.1 Å². The van der Waals surface area contributed by atoms with Crippen molar-refractivity contribution < 1.29 is 27.5 Å². The SMILES string of the molecule is CCC1CCC2(CC1)NC(=O)N(Cc1ccc(OCC(F)(F)F)nn1)C2=O. The van der Waals surface area contributed by atoms with Crippen LogP contribution in [0.25, 0.3) is 0 Å². The van der Waals surface area contributed by atoms with E-state index in [4.69, 9.17) is 0 Å². The van der Waals surface area contributed by atoms with Gasteiger partial charge in [0.15, 0.2) is 6.61 Å². The number of aromatic nitrogens is 2. The lowest BCUT2D eigenvalue weighted by Crippen LogP contribution is -2.49. The van der Waals surface area contributed by atoms with E-state index in [2.05, 4.69) is 27.2 Å². The van der Waals surface area contributed by atoms with Crippen molar-refractivity contribution in [3.05, 3.63) is 17.8 Å². The molecule has 148 valence electrons. The Balaban J connectivity index is 1.62. The lowest BCUT2D eigenvalue weighted by atomic mass is 9.75. The van der Waals surface area contributed by atoms with Crippen molar-refractivity contribution in [2.45, 2.75) is 57.3 Å². The van der Waals surface area contributed by atoms with Gasteiger partial charge in [-0.25, -0.2) is 4.79 Å². The highest BCUT2D eigenvalue weighted by molar-refractivity contribution is 6.07. The summed E-state index contributed by atoms with van der Waals surface area (Å²) in [5, 5.41) is 10.1. The van der Waals surface area contributed by atoms with E-state index < -0.39 is 24.4 Å². The molecule has 0 bridgehead atoms. The Morgan fingerprint density at radius 1 is 1.26 bits per heavy atom. The molecule has 2 heterocycles. The molecule has 1 N–H and O–H groups in total. The molecular formula is C17H21F3N4O3. The van der Waals surface area contributed by atoms with E-state index >= 15 is 0 Å². The summed E-state index contributed by atoms with van der Waals surface area (Å²) in [5.74, 6) is 0.0216. The van der Waals surface area contributed by atoms with Gasteiger partial charge in [-0.1, -0.05) is 13.3 Å². The zero-order valence-electron chi connectivity index (χ0n) is 14.9. The van der Waals surface area contributed by atoms with Crippen molar-refractivity contribution in [2.24, 2.45) is 5.92 Å². The third-order valence-corrected chi connectivity index (χ3v) is 5.18. The van der Waals surface area contributed by atoms with Crippen LogP contribution in [0.4, 0.5) is 18.0 Å². The van der Waals surface area contributed by atoms with Crippen molar-refractivity contribution in [3.63, 3.8) is 0 Å². The maximum absolute atomic E-state index is 12.8. The number of urea groups is 1. The van der Waals surface area contributed by atoms with Crippen LogP contribution in [0, 0.1) is 5.92 Å². The van der Waals surface area contributed by atoms with Crippen LogP contribution in [-0.2, 0) is 11.3 Å². The van der Waals surface area contributed by atoms with Gasteiger partial charge in [-0.05, 0) is 37.7 Å². The van der Waals surface area contributed by atoms with Gasteiger partial charge in [0.05, 0.1) is 12.2 Å². The molecule has 1 aromatic heterocycles. The summed E-state index contributed by atoms with van der Waals surface area (Å²) < 4.78 is 40.9. The number of carbonyl (C=O) groups is 2. The number of amides is 3. The molecule has 1 aliphatic heterocycles.